The van der Waals surface area contributed by atoms with Crippen molar-refractivity contribution in [3.63, 3.8) is 0 Å². The van der Waals surface area contributed by atoms with Crippen LogP contribution < -0.4 is 10.7 Å². The van der Waals surface area contributed by atoms with E-state index in [-0.39, 0.29) is 18.7 Å². The number of aromatic nitrogens is 1. The molecule has 2 aromatic carbocycles. The van der Waals surface area contributed by atoms with Crippen LogP contribution in [-0.2, 0) is 20.9 Å². The number of thiazole rings is 1. The Balaban J connectivity index is 1.49. The number of para-hydroxylation sites is 1. The maximum Gasteiger partial charge on any atom is 0.355 e. The second-order valence-corrected chi connectivity index (χ2v) is 7.26. The first-order valence-electron chi connectivity index (χ1n) is 8.44. The summed E-state index contributed by atoms with van der Waals surface area (Å²) in [4.78, 5) is 28.6. The first-order valence-corrected chi connectivity index (χ1v) is 9.26. The van der Waals surface area contributed by atoms with Gasteiger partial charge in [-0.05, 0) is 36.4 Å². The van der Waals surface area contributed by atoms with E-state index in [4.69, 9.17) is 10.5 Å². The van der Waals surface area contributed by atoms with Crippen LogP contribution in [0.2, 0.25) is 0 Å². The normalized spacial score (nSPS) is 16.2. The van der Waals surface area contributed by atoms with Crippen LogP contribution in [0.4, 0.5) is 10.1 Å². The van der Waals surface area contributed by atoms with Crippen LogP contribution in [0.1, 0.15) is 11.4 Å². The zero-order chi connectivity index (χ0) is 19.7. The van der Waals surface area contributed by atoms with Gasteiger partial charge in [0.2, 0.25) is 5.91 Å². The van der Waals surface area contributed by atoms with Gasteiger partial charge < -0.3 is 10.5 Å². The Bertz CT molecular complexity index is 1050. The van der Waals surface area contributed by atoms with Gasteiger partial charge in [0.05, 0.1) is 15.9 Å². The van der Waals surface area contributed by atoms with E-state index in [9.17, 15) is 14.0 Å². The minimum Gasteiger partial charge on any atom is -0.454 e. The zero-order valence-corrected chi connectivity index (χ0v) is 15.4. The van der Waals surface area contributed by atoms with Crippen molar-refractivity contribution in [3.8, 4) is 0 Å². The summed E-state index contributed by atoms with van der Waals surface area (Å²) >= 11 is 1.44. The number of fused-ring (bicyclic) bond motifs is 1. The average Bonchev–Trinajstić information content (AvgIpc) is 3.31. The van der Waals surface area contributed by atoms with Crippen molar-refractivity contribution in [3.05, 3.63) is 59.4 Å². The second kappa shape index (κ2) is 7.35. The molecule has 7 nitrogen and oxygen atoms in total. The molecule has 0 saturated carbocycles. The van der Waals surface area contributed by atoms with Crippen molar-refractivity contribution in [2.45, 2.75) is 19.1 Å². The monoisotopic (exact) mass is 398 g/mol. The molecule has 1 aromatic heterocycles. The number of nitrogens with zero attached hydrogens (tertiary/aromatic N) is 3. The Labute approximate surface area is 163 Å². The third kappa shape index (κ3) is 3.56. The average molecular weight is 398 g/mol. The third-order valence-corrected chi connectivity index (χ3v) is 5.24. The maximum absolute atomic E-state index is 13.1. The van der Waals surface area contributed by atoms with E-state index in [0.717, 1.165) is 10.2 Å². The summed E-state index contributed by atoms with van der Waals surface area (Å²) in [5.41, 5.74) is 6.81. The van der Waals surface area contributed by atoms with Gasteiger partial charge in [0.25, 0.3) is 0 Å². The Morgan fingerprint density at radius 1 is 1.21 bits per heavy atom. The quantitative estimate of drug-likeness (QED) is 0.666. The molecule has 2 N–H and O–H groups in total. The van der Waals surface area contributed by atoms with Gasteiger partial charge in [-0.25, -0.2) is 14.2 Å². The molecule has 9 heteroatoms. The van der Waals surface area contributed by atoms with Gasteiger partial charge in [0.15, 0.2) is 0 Å². The number of nitrogens with two attached hydrogens (primary N) is 1. The van der Waals surface area contributed by atoms with Crippen LogP contribution in [0.5, 0.6) is 0 Å². The lowest BCUT2D eigenvalue weighted by Crippen LogP contribution is -2.39. The minimum atomic E-state index is -0.838. The molecule has 0 saturated heterocycles. The lowest BCUT2D eigenvalue weighted by Gasteiger charge is -2.20. The molecule has 1 unspecified atom stereocenters. The summed E-state index contributed by atoms with van der Waals surface area (Å²) in [6, 6.07) is 12.2. The number of hydrazone groups is 1. The molecule has 1 atom stereocenters. The first kappa shape index (κ1) is 18.1. The van der Waals surface area contributed by atoms with Crippen LogP contribution in [0.15, 0.2) is 53.6 Å². The number of amides is 1. The van der Waals surface area contributed by atoms with Crippen molar-refractivity contribution in [2.75, 3.05) is 5.01 Å². The van der Waals surface area contributed by atoms with E-state index in [2.05, 4.69) is 10.1 Å². The topological polar surface area (TPSA) is 97.9 Å². The molecule has 0 aliphatic carbocycles. The zero-order valence-electron chi connectivity index (χ0n) is 14.5. The van der Waals surface area contributed by atoms with Gasteiger partial charge in [-0.15, -0.1) is 11.3 Å². The fraction of sp³-hybridized carbons (Fsp3) is 0.158. The summed E-state index contributed by atoms with van der Waals surface area (Å²) < 4.78 is 19.5. The Morgan fingerprint density at radius 3 is 2.68 bits per heavy atom. The number of ether oxygens (including phenoxy) is 1. The van der Waals surface area contributed by atoms with E-state index in [1.807, 2.05) is 24.3 Å². The SMILES string of the molecule is NC(=O)C1CC(C(=O)OCc2nc3ccccc3s2)=NN1c1ccc(F)cc1. The van der Waals surface area contributed by atoms with Gasteiger partial charge >= 0.3 is 5.97 Å². The van der Waals surface area contributed by atoms with Gasteiger partial charge in [-0.1, -0.05) is 12.1 Å². The van der Waals surface area contributed by atoms with Crippen molar-refractivity contribution in [2.24, 2.45) is 10.8 Å². The van der Waals surface area contributed by atoms with Crippen LogP contribution in [0.3, 0.4) is 0 Å². The molecule has 1 amide bonds. The highest BCUT2D eigenvalue weighted by molar-refractivity contribution is 7.18. The summed E-state index contributed by atoms with van der Waals surface area (Å²) in [7, 11) is 0. The number of halogens is 1. The number of carbonyl (C=O) groups excluding carboxylic acids is 2. The third-order valence-electron chi connectivity index (χ3n) is 4.23. The summed E-state index contributed by atoms with van der Waals surface area (Å²) in [5, 5.41) is 6.16. The van der Waals surface area contributed by atoms with Crippen LogP contribution in [0, 0.1) is 5.82 Å². The highest BCUT2D eigenvalue weighted by atomic mass is 32.1. The summed E-state index contributed by atoms with van der Waals surface area (Å²) in [5.74, 6) is -1.70. The van der Waals surface area contributed by atoms with Crippen molar-refractivity contribution >= 4 is 44.8 Å². The Morgan fingerprint density at radius 2 is 1.96 bits per heavy atom. The molecule has 0 radical (unpaired) electrons. The molecular weight excluding hydrogens is 383 g/mol. The smallest absolute Gasteiger partial charge is 0.355 e. The van der Waals surface area contributed by atoms with E-state index < -0.39 is 23.7 Å². The predicted octanol–water partition coefficient (Wildman–Crippen LogP) is 2.60. The molecule has 4 rings (SSSR count). The van der Waals surface area contributed by atoms with E-state index in [1.54, 1.807) is 0 Å². The first-order chi connectivity index (χ1) is 13.5. The number of benzene rings is 2. The molecule has 28 heavy (non-hydrogen) atoms. The second-order valence-electron chi connectivity index (χ2n) is 6.14. The number of rotatable bonds is 5. The minimum absolute atomic E-state index is 0.00891. The number of carbonyl (C=O) groups is 2. The molecule has 0 fully saturated rings. The largest absolute Gasteiger partial charge is 0.454 e. The van der Waals surface area contributed by atoms with Crippen molar-refractivity contribution in [1.29, 1.82) is 0 Å². The van der Waals surface area contributed by atoms with Crippen molar-refractivity contribution < 1.29 is 18.7 Å². The highest BCUT2D eigenvalue weighted by Crippen LogP contribution is 2.26. The molecule has 3 aromatic rings. The number of hydrogen-bond acceptors (Lipinski definition) is 7. The van der Waals surface area contributed by atoms with Crippen LogP contribution in [0.25, 0.3) is 10.2 Å². The molecule has 1 aliphatic heterocycles. The fourth-order valence-electron chi connectivity index (χ4n) is 2.88. The molecule has 0 spiro atoms. The maximum atomic E-state index is 13.1. The lowest BCUT2D eigenvalue weighted by atomic mass is 10.1. The molecule has 2 heterocycles. The van der Waals surface area contributed by atoms with Gasteiger partial charge in [-0.3, -0.25) is 9.80 Å². The van der Waals surface area contributed by atoms with Gasteiger partial charge in [0.1, 0.15) is 29.2 Å². The van der Waals surface area contributed by atoms with Gasteiger partial charge in [-0.2, -0.15) is 5.10 Å². The number of primary amides is 1. The van der Waals surface area contributed by atoms with Gasteiger partial charge in [0, 0.05) is 6.42 Å². The summed E-state index contributed by atoms with van der Waals surface area (Å²) in [6.07, 6.45) is 0.0192. The van der Waals surface area contributed by atoms with E-state index in [0.29, 0.717) is 10.7 Å². The number of esters is 1. The van der Waals surface area contributed by atoms with E-state index in [1.165, 1.54) is 40.6 Å². The lowest BCUT2D eigenvalue weighted by molar-refractivity contribution is -0.136. The van der Waals surface area contributed by atoms with E-state index >= 15 is 0 Å². The molecule has 142 valence electrons. The fourth-order valence-corrected chi connectivity index (χ4v) is 3.76. The Hall–Kier alpha value is -3.33. The van der Waals surface area contributed by atoms with Crippen LogP contribution >= 0.6 is 11.3 Å². The molecule has 1 aliphatic rings. The predicted molar refractivity (Wildman–Crippen MR) is 103 cm³/mol. The number of anilines is 1. The summed E-state index contributed by atoms with van der Waals surface area (Å²) in [6.45, 7) is 0.00891. The molecular formula is C19H15FN4O3S. The number of hydrogen-bond donors (Lipinski definition) is 1. The molecule has 0 bridgehead atoms. The Kier molecular flexibility index (Phi) is 4.74. The van der Waals surface area contributed by atoms with Crippen molar-refractivity contribution in [1.82, 2.24) is 4.98 Å². The highest BCUT2D eigenvalue weighted by Gasteiger charge is 2.35. The van der Waals surface area contributed by atoms with Crippen LogP contribution in [-0.4, -0.2) is 28.6 Å². The standard InChI is InChI=1S/C19H15FN4O3S/c20-11-5-7-12(8-6-11)24-15(18(21)25)9-14(23-24)19(26)27-10-17-22-13-3-1-2-4-16(13)28-17/h1-8,15H,9-10H2,(H2,21,25).